The summed E-state index contributed by atoms with van der Waals surface area (Å²) in [7, 11) is 0. The summed E-state index contributed by atoms with van der Waals surface area (Å²) in [5.74, 6) is 0. The van der Waals surface area contributed by atoms with Crippen LogP contribution in [0.15, 0.2) is 14.3 Å². The largest absolute Gasteiger partial charge is 0.395 e. The average molecular weight is 343 g/mol. The van der Waals surface area contributed by atoms with Crippen molar-refractivity contribution >= 4 is 43.2 Å². The van der Waals surface area contributed by atoms with Gasteiger partial charge in [0.2, 0.25) is 0 Å². The molecule has 0 bridgehead atoms. The van der Waals surface area contributed by atoms with E-state index in [9.17, 15) is 0 Å². The van der Waals surface area contributed by atoms with Crippen molar-refractivity contribution in [2.75, 3.05) is 6.61 Å². The predicted molar refractivity (Wildman–Crippen MR) is 67.7 cm³/mol. The molecule has 1 heterocycles. The van der Waals surface area contributed by atoms with Gasteiger partial charge in [-0.2, -0.15) is 0 Å². The highest BCUT2D eigenvalue weighted by Gasteiger charge is 2.07. The molecule has 0 amide bonds. The minimum atomic E-state index is 0.199. The Balaban J connectivity index is 2.45. The molecular formula is C9H13Br2NOS. The minimum Gasteiger partial charge on any atom is -0.395 e. The van der Waals surface area contributed by atoms with Crippen molar-refractivity contribution in [1.29, 1.82) is 0 Å². The topological polar surface area (TPSA) is 32.3 Å². The lowest BCUT2D eigenvalue weighted by Crippen LogP contribution is -2.30. The Labute approximate surface area is 105 Å². The van der Waals surface area contributed by atoms with E-state index in [0.717, 1.165) is 21.2 Å². The van der Waals surface area contributed by atoms with Crippen LogP contribution in [0.3, 0.4) is 0 Å². The van der Waals surface area contributed by atoms with E-state index in [1.54, 1.807) is 11.3 Å². The quantitative estimate of drug-likeness (QED) is 0.861. The average Bonchev–Trinajstić information content (AvgIpc) is 2.48. The summed E-state index contributed by atoms with van der Waals surface area (Å²) < 4.78 is 2.21. The first-order valence-corrected chi connectivity index (χ1v) is 6.85. The van der Waals surface area contributed by atoms with Gasteiger partial charge in [0.05, 0.1) is 10.4 Å². The molecule has 0 aliphatic rings. The first kappa shape index (κ1) is 12.6. The van der Waals surface area contributed by atoms with E-state index in [1.165, 1.54) is 4.88 Å². The first-order chi connectivity index (χ1) is 6.67. The Morgan fingerprint density at radius 2 is 2.29 bits per heavy atom. The SMILES string of the molecule is CC[C@@H](CO)NCc1cc(Br)c(Br)s1. The summed E-state index contributed by atoms with van der Waals surface area (Å²) in [5, 5.41) is 12.3. The van der Waals surface area contributed by atoms with Gasteiger partial charge in [-0.1, -0.05) is 6.92 Å². The van der Waals surface area contributed by atoms with Crippen LogP contribution in [0.25, 0.3) is 0 Å². The second-order valence-corrected chi connectivity index (χ2v) is 6.31. The summed E-state index contributed by atoms with van der Waals surface area (Å²) >= 11 is 8.60. The molecule has 1 aromatic rings. The maximum atomic E-state index is 8.99. The zero-order chi connectivity index (χ0) is 10.6. The second-order valence-electron chi connectivity index (χ2n) is 3.00. The highest BCUT2D eigenvalue weighted by atomic mass is 79.9. The van der Waals surface area contributed by atoms with Crippen molar-refractivity contribution in [3.63, 3.8) is 0 Å². The van der Waals surface area contributed by atoms with Crippen LogP contribution in [0.2, 0.25) is 0 Å². The van der Waals surface area contributed by atoms with Gasteiger partial charge in [0.15, 0.2) is 0 Å². The zero-order valence-electron chi connectivity index (χ0n) is 7.89. The van der Waals surface area contributed by atoms with Gasteiger partial charge in [-0.05, 0) is 44.3 Å². The van der Waals surface area contributed by atoms with E-state index in [2.05, 4.69) is 50.2 Å². The molecule has 1 rings (SSSR count). The Kier molecular flexibility index (Phi) is 5.62. The molecule has 0 aromatic carbocycles. The van der Waals surface area contributed by atoms with Crippen LogP contribution < -0.4 is 5.32 Å². The van der Waals surface area contributed by atoms with E-state index in [0.29, 0.717) is 0 Å². The number of hydrogen-bond acceptors (Lipinski definition) is 3. The van der Waals surface area contributed by atoms with Gasteiger partial charge in [0.25, 0.3) is 0 Å². The van der Waals surface area contributed by atoms with Crippen molar-refractivity contribution < 1.29 is 5.11 Å². The smallest absolute Gasteiger partial charge is 0.0843 e. The molecule has 1 aromatic heterocycles. The van der Waals surface area contributed by atoms with Crippen molar-refractivity contribution in [1.82, 2.24) is 5.32 Å². The molecule has 2 nitrogen and oxygen atoms in total. The number of nitrogens with one attached hydrogen (secondary N) is 1. The van der Waals surface area contributed by atoms with Crippen LogP contribution in [0.5, 0.6) is 0 Å². The lowest BCUT2D eigenvalue weighted by molar-refractivity contribution is 0.238. The number of thiophene rings is 1. The van der Waals surface area contributed by atoms with Gasteiger partial charge in [0.1, 0.15) is 0 Å². The summed E-state index contributed by atoms with van der Waals surface area (Å²) in [4.78, 5) is 1.26. The van der Waals surface area contributed by atoms with Crippen molar-refractivity contribution in [2.45, 2.75) is 25.9 Å². The van der Waals surface area contributed by atoms with Crippen LogP contribution in [-0.2, 0) is 6.54 Å². The molecule has 0 aliphatic carbocycles. The first-order valence-electron chi connectivity index (χ1n) is 4.45. The van der Waals surface area contributed by atoms with Gasteiger partial charge in [-0.25, -0.2) is 0 Å². The van der Waals surface area contributed by atoms with Crippen molar-refractivity contribution in [3.8, 4) is 0 Å². The number of aliphatic hydroxyl groups excluding tert-OH is 1. The minimum absolute atomic E-state index is 0.199. The van der Waals surface area contributed by atoms with E-state index < -0.39 is 0 Å². The number of rotatable bonds is 5. The van der Waals surface area contributed by atoms with Crippen LogP contribution in [0.4, 0.5) is 0 Å². The maximum absolute atomic E-state index is 8.99. The standard InChI is InChI=1S/C9H13Br2NOS/c1-2-6(5-13)12-4-7-3-8(10)9(11)14-7/h3,6,12-13H,2,4-5H2,1H3/t6-/m0/s1. The third-order valence-electron chi connectivity index (χ3n) is 1.97. The van der Waals surface area contributed by atoms with Crippen molar-refractivity contribution in [2.24, 2.45) is 0 Å². The molecule has 0 spiro atoms. The van der Waals surface area contributed by atoms with Gasteiger partial charge in [-0.3, -0.25) is 0 Å². The fraction of sp³-hybridized carbons (Fsp3) is 0.556. The van der Waals surface area contributed by atoms with Crippen LogP contribution in [-0.4, -0.2) is 17.8 Å². The molecule has 1 atom stereocenters. The Morgan fingerprint density at radius 1 is 1.57 bits per heavy atom. The fourth-order valence-electron chi connectivity index (χ4n) is 1.06. The fourth-order valence-corrected chi connectivity index (χ4v) is 3.19. The monoisotopic (exact) mass is 341 g/mol. The number of aliphatic hydroxyl groups is 1. The molecule has 0 unspecified atom stereocenters. The summed E-state index contributed by atoms with van der Waals surface area (Å²) in [6.07, 6.45) is 0.949. The predicted octanol–water partition coefficient (Wildman–Crippen LogP) is 3.13. The maximum Gasteiger partial charge on any atom is 0.0843 e. The van der Waals surface area contributed by atoms with E-state index in [-0.39, 0.29) is 12.6 Å². The third-order valence-corrected chi connectivity index (χ3v) is 5.23. The van der Waals surface area contributed by atoms with Crippen LogP contribution >= 0.6 is 43.2 Å². The molecule has 80 valence electrons. The Morgan fingerprint density at radius 3 is 2.71 bits per heavy atom. The molecule has 0 radical (unpaired) electrons. The molecule has 14 heavy (non-hydrogen) atoms. The van der Waals surface area contributed by atoms with E-state index >= 15 is 0 Å². The van der Waals surface area contributed by atoms with Crippen LogP contribution in [0.1, 0.15) is 18.2 Å². The lowest BCUT2D eigenvalue weighted by Gasteiger charge is -2.12. The highest BCUT2D eigenvalue weighted by molar-refractivity contribution is 9.13. The normalized spacial score (nSPS) is 13.1. The van der Waals surface area contributed by atoms with Gasteiger partial charge < -0.3 is 10.4 Å². The van der Waals surface area contributed by atoms with Gasteiger partial charge in [-0.15, -0.1) is 11.3 Å². The van der Waals surface area contributed by atoms with Gasteiger partial charge >= 0.3 is 0 Å². The number of hydrogen-bond donors (Lipinski definition) is 2. The van der Waals surface area contributed by atoms with E-state index in [4.69, 9.17) is 5.11 Å². The molecule has 2 N–H and O–H groups in total. The molecular weight excluding hydrogens is 330 g/mol. The summed E-state index contributed by atoms with van der Waals surface area (Å²) in [6.45, 7) is 3.08. The second kappa shape index (κ2) is 6.23. The van der Waals surface area contributed by atoms with Crippen LogP contribution in [0, 0.1) is 0 Å². The summed E-state index contributed by atoms with van der Waals surface area (Å²) in [5.41, 5.74) is 0. The molecule has 5 heteroatoms. The summed E-state index contributed by atoms with van der Waals surface area (Å²) in [6, 6.07) is 2.29. The molecule has 0 saturated heterocycles. The third kappa shape index (κ3) is 3.62. The molecule has 0 saturated carbocycles. The Hall–Kier alpha value is 0.580. The van der Waals surface area contributed by atoms with E-state index in [1.807, 2.05) is 0 Å². The Bertz CT molecular complexity index is 267. The highest BCUT2D eigenvalue weighted by Crippen LogP contribution is 2.32. The van der Waals surface area contributed by atoms with Gasteiger partial charge in [0, 0.05) is 21.9 Å². The zero-order valence-corrected chi connectivity index (χ0v) is 11.9. The lowest BCUT2D eigenvalue weighted by atomic mass is 10.2. The molecule has 0 fully saturated rings. The van der Waals surface area contributed by atoms with Crippen molar-refractivity contribution in [3.05, 3.63) is 19.2 Å². The number of halogens is 2. The molecule has 0 aliphatic heterocycles.